The molecule has 0 unspecified atom stereocenters. The quantitative estimate of drug-likeness (QED) is 0.496. The number of nitrogens with zero attached hydrogens (tertiary/aromatic N) is 1. The van der Waals surface area contributed by atoms with E-state index in [-0.39, 0.29) is 0 Å². The second-order valence-corrected chi connectivity index (χ2v) is 2.05. The fourth-order valence-corrected chi connectivity index (χ4v) is 0.405. The van der Waals surface area contributed by atoms with Gasteiger partial charge in [0, 0.05) is 0 Å². The van der Waals surface area contributed by atoms with Gasteiger partial charge in [-0.15, -0.1) is 0 Å². The molecule has 0 rings (SSSR count). The average molecular weight is 118 g/mol. The van der Waals surface area contributed by atoms with Crippen LogP contribution in [0.5, 0.6) is 0 Å². The Morgan fingerprint density at radius 1 is 1.57 bits per heavy atom. The summed E-state index contributed by atoms with van der Waals surface area (Å²) in [5.41, 5.74) is 0. The summed E-state index contributed by atoms with van der Waals surface area (Å²) in [5.74, 6) is 0. The molecule has 0 aliphatic carbocycles. The third kappa shape index (κ3) is 6.31. The molecule has 0 aromatic rings. The van der Waals surface area contributed by atoms with E-state index in [4.69, 9.17) is 11.5 Å². The maximum atomic E-state index is 5.29. The average Bonchev–Trinajstić information content (AvgIpc) is 1.61. The second-order valence-electron chi connectivity index (χ2n) is 1.75. The third-order valence-electron chi connectivity index (χ3n) is 0.685. The van der Waals surface area contributed by atoms with Crippen LogP contribution in [0.15, 0.2) is 0 Å². The molecular formula is C4H10BClN. The molecule has 0 fully saturated rings. The highest BCUT2D eigenvalue weighted by molar-refractivity contribution is 6.93. The first kappa shape index (κ1) is 7.31. The van der Waals surface area contributed by atoms with Crippen molar-refractivity contribution in [2.24, 2.45) is 0 Å². The number of hydrogen-bond acceptors (Lipinski definition) is 1. The van der Waals surface area contributed by atoms with E-state index in [2.05, 4.69) is 4.90 Å². The summed E-state index contributed by atoms with van der Waals surface area (Å²) in [7, 11) is 4.06. The fourth-order valence-electron chi connectivity index (χ4n) is 0.307. The van der Waals surface area contributed by atoms with E-state index in [0.717, 1.165) is 12.9 Å². The van der Waals surface area contributed by atoms with Crippen LogP contribution in [-0.2, 0) is 0 Å². The van der Waals surface area contributed by atoms with Crippen LogP contribution in [0, 0.1) is 0 Å². The molecule has 0 saturated heterocycles. The van der Waals surface area contributed by atoms with E-state index in [1.54, 1.807) is 6.69 Å². The molecule has 3 heteroatoms. The minimum Gasteiger partial charge on any atom is -0.310 e. The van der Waals surface area contributed by atoms with Crippen LogP contribution in [-0.4, -0.2) is 32.2 Å². The van der Waals surface area contributed by atoms with E-state index in [1.165, 1.54) is 0 Å². The molecule has 0 amide bonds. The van der Waals surface area contributed by atoms with Crippen LogP contribution < -0.4 is 0 Å². The van der Waals surface area contributed by atoms with Crippen molar-refractivity contribution in [1.29, 1.82) is 0 Å². The van der Waals surface area contributed by atoms with Gasteiger partial charge in [-0.2, -0.15) is 0 Å². The van der Waals surface area contributed by atoms with E-state index in [9.17, 15) is 0 Å². The molecule has 0 spiro atoms. The Hall–Kier alpha value is 0.315. The van der Waals surface area contributed by atoms with Crippen LogP contribution in [0.1, 0.15) is 0 Å². The Kier molecular flexibility index (Phi) is 4.67. The second kappa shape index (κ2) is 4.47. The van der Waals surface area contributed by atoms with Crippen molar-refractivity contribution in [2.45, 2.75) is 6.32 Å². The molecule has 41 valence electrons. The molecule has 0 heterocycles. The molecule has 0 aliphatic heterocycles. The van der Waals surface area contributed by atoms with Crippen LogP contribution >= 0.6 is 11.5 Å². The van der Waals surface area contributed by atoms with Crippen molar-refractivity contribution >= 4 is 18.2 Å². The molecule has 0 bridgehead atoms. The highest BCUT2D eigenvalue weighted by atomic mass is 35.5. The van der Waals surface area contributed by atoms with Crippen molar-refractivity contribution < 1.29 is 0 Å². The summed E-state index contributed by atoms with van der Waals surface area (Å²) in [5, 5.41) is 0. The van der Waals surface area contributed by atoms with Crippen molar-refractivity contribution in [1.82, 2.24) is 4.90 Å². The topological polar surface area (TPSA) is 3.24 Å². The molecule has 0 aromatic carbocycles. The standard InChI is InChI=1S/C4H10BClN/c1-7(2)4-3-5-6/h3-4H2,1-2H3. The molecule has 0 aromatic heterocycles. The highest BCUT2D eigenvalue weighted by Gasteiger charge is 1.87. The van der Waals surface area contributed by atoms with Crippen LogP contribution in [0.2, 0.25) is 6.32 Å². The van der Waals surface area contributed by atoms with Crippen molar-refractivity contribution in [3.63, 3.8) is 0 Å². The Morgan fingerprint density at radius 3 is 2.29 bits per heavy atom. The van der Waals surface area contributed by atoms with Crippen molar-refractivity contribution in [3.05, 3.63) is 0 Å². The fraction of sp³-hybridized carbons (Fsp3) is 1.00. The summed E-state index contributed by atoms with van der Waals surface area (Å²) in [6.07, 6.45) is 0.967. The van der Waals surface area contributed by atoms with Gasteiger partial charge < -0.3 is 4.90 Å². The maximum absolute atomic E-state index is 5.29. The van der Waals surface area contributed by atoms with Gasteiger partial charge in [0.15, 0.2) is 0 Å². The van der Waals surface area contributed by atoms with E-state index < -0.39 is 0 Å². The normalized spacial score (nSPS) is 9.71. The van der Waals surface area contributed by atoms with E-state index in [0.29, 0.717) is 0 Å². The molecule has 0 saturated carbocycles. The molecule has 0 aliphatic rings. The lowest BCUT2D eigenvalue weighted by Gasteiger charge is -2.04. The summed E-state index contributed by atoms with van der Waals surface area (Å²) in [6.45, 7) is 2.70. The lowest BCUT2D eigenvalue weighted by molar-refractivity contribution is 0.433. The van der Waals surface area contributed by atoms with Gasteiger partial charge in [0.1, 0.15) is 0 Å². The number of hydrogen-bond donors (Lipinski definition) is 0. The predicted molar refractivity (Wildman–Crippen MR) is 35.0 cm³/mol. The Balaban J connectivity index is 2.68. The largest absolute Gasteiger partial charge is 0.310 e. The summed E-state index contributed by atoms with van der Waals surface area (Å²) in [6, 6.07) is 0. The monoisotopic (exact) mass is 118 g/mol. The maximum Gasteiger partial charge on any atom is 0.239 e. The summed E-state index contributed by atoms with van der Waals surface area (Å²) in [4.78, 5) is 2.10. The van der Waals surface area contributed by atoms with Gasteiger partial charge in [0.25, 0.3) is 0 Å². The van der Waals surface area contributed by atoms with Gasteiger partial charge in [0.05, 0.1) is 0 Å². The van der Waals surface area contributed by atoms with Gasteiger partial charge in [-0.3, -0.25) is 0 Å². The van der Waals surface area contributed by atoms with E-state index >= 15 is 0 Å². The predicted octanol–water partition coefficient (Wildman–Crippen LogP) is 0.824. The molecule has 7 heavy (non-hydrogen) atoms. The summed E-state index contributed by atoms with van der Waals surface area (Å²) >= 11 is 5.29. The lowest BCUT2D eigenvalue weighted by Crippen LogP contribution is -2.12. The Labute approximate surface area is 50.8 Å². The van der Waals surface area contributed by atoms with Crippen molar-refractivity contribution in [3.8, 4) is 0 Å². The minimum atomic E-state index is 0.967. The first-order valence-electron chi connectivity index (χ1n) is 2.34. The Morgan fingerprint density at radius 2 is 2.14 bits per heavy atom. The molecule has 0 atom stereocenters. The van der Waals surface area contributed by atoms with Gasteiger partial charge in [0.2, 0.25) is 6.69 Å². The number of rotatable bonds is 3. The van der Waals surface area contributed by atoms with Gasteiger partial charge in [-0.1, -0.05) is 6.32 Å². The molecule has 1 nitrogen and oxygen atoms in total. The SMILES string of the molecule is CN(C)CC[B]Cl. The number of halogens is 1. The smallest absolute Gasteiger partial charge is 0.239 e. The highest BCUT2D eigenvalue weighted by Crippen LogP contribution is 1.83. The first-order chi connectivity index (χ1) is 3.27. The van der Waals surface area contributed by atoms with Gasteiger partial charge in [-0.25, -0.2) is 11.5 Å². The molecular weight excluding hydrogens is 108 g/mol. The van der Waals surface area contributed by atoms with Gasteiger partial charge in [-0.05, 0) is 20.6 Å². The van der Waals surface area contributed by atoms with Gasteiger partial charge >= 0.3 is 0 Å². The Bertz CT molecular complexity index is 40.7. The molecule has 0 N–H and O–H groups in total. The third-order valence-corrected chi connectivity index (χ3v) is 0.904. The van der Waals surface area contributed by atoms with Crippen LogP contribution in [0.3, 0.4) is 0 Å². The lowest BCUT2D eigenvalue weighted by atomic mass is 10.0. The zero-order chi connectivity index (χ0) is 5.70. The molecule has 1 radical (unpaired) electrons. The van der Waals surface area contributed by atoms with Crippen LogP contribution in [0.4, 0.5) is 0 Å². The van der Waals surface area contributed by atoms with E-state index in [1.807, 2.05) is 14.1 Å². The minimum absolute atomic E-state index is 0.967. The van der Waals surface area contributed by atoms with Crippen molar-refractivity contribution in [2.75, 3.05) is 20.6 Å². The zero-order valence-electron chi connectivity index (χ0n) is 4.82. The first-order valence-corrected chi connectivity index (χ1v) is 2.77. The zero-order valence-corrected chi connectivity index (χ0v) is 5.57. The summed E-state index contributed by atoms with van der Waals surface area (Å²) < 4.78 is 0. The van der Waals surface area contributed by atoms with Crippen LogP contribution in [0.25, 0.3) is 0 Å².